The fourth-order valence-electron chi connectivity index (χ4n) is 3.13. The molecule has 5 heteroatoms. The van der Waals surface area contributed by atoms with Gasteiger partial charge in [0.25, 0.3) is 5.91 Å². The van der Waals surface area contributed by atoms with Gasteiger partial charge in [0, 0.05) is 41.4 Å². The van der Waals surface area contributed by atoms with Crippen molar-refractivity contribution < 1.29 is 4.79 Å². The van der Waals surface area contributed by atoms with Gasteiger partial charge < -0.3 is 15.5 Å². The van der Waals surface area contributed by atoms with Crippen molar-refractivity contribution in [2.75, 3.05) is 11.4 Å². The summed E-state index contributed by atoms with van der Waals surface area (Å²) in [6, 6.07) is 16.6. The fourth-order valence-corrected chi connectivity index (χ4v) is 4.06. The molecule has 4 rings (SSSR count). The van der Waals surface area contributed by atoms with Gasteiger partial charge in [-0.25, -0.2) is 0 Å². The minimum Gasteiger partial charge on any atom is -0.365 e. The monoisotopic (exact) mass is 375 g/mol. The number of primary amides is 1. The predicted molar refractivity (Wildman–Crippen MR) is 113 cm³/mol. The molecule has 0 radical (unpaired) electrons. The van der Waals surface area contributed by atoms with Crippen molar-refractivity contribution in [2.45, 2.75) is 13.3 Å². The minimum atomic E-state index is -0.380. The van der Waals surface area contributed by atoms with E-state index in [4.69, 9.17) is 5.73 Å². The van der Waals surface area contributed by atoms with Crippen molar-refractivity contribution in [3.63, 3.8) is 0 Å². The van der Waals surface area contributed by atoms with Crippen molar-refractivity contribution in [1.29, 1.82) is 0 Å². The molecule has 0 fully saturated rings. The van der Waals surface area contributed by atoms with Crippen LogP contribution in [0.1, 0.15) is 20.8 Å². The molecule has 0 aliphatic carbocycles. The predicted octanol–water partition coefficient (Wildman–Crippen LogP) is 4.62. The Kier molecular flexibility index (Phi) is 4.69. The maximum atomic E-state index is 11.5. The molecule has 2 aromatic carbocycles. The van der Waals surface area contributed by atoms with E-state index in [0.717, 1.165) is 28.7 Å². The molecular weight excluding hydrogens is 354 g/mol. The number of carbonyl (C=O) groups excluding carboxylic acids is 1. The third-order valence-corrected chi connectivity index (χ3v) is 5.79. The number of thiophene rings is 1. The van der Waals surface area contributed by atoms with Crippen LogP contribution in [-0.4, -0.2) is 17.4 Å². The van der Waals surface area contributed by atoms with E-state index in [2.05, 4.69) is 59.5 Å². The van der Waals surface area contributed by atoms with E-state index < -0.39 is 0 Å². The maximum absolute atomic E-state index is 11.5. The van der Waals surface area contributed by atoms with Crippen LogP contribution in [0.4, 0.5) is 5.69 Å². The Bertz CT molecular complexity index is 1020. The number of hydrogen-bond acceptors (Lipinski definition) is 4. The summed E-state index contributed by atoms with van der Waals surface area (Å²) < 4.78 is 1.06. The van der Waals surface area contributed by atoms with E-state index in [0.29, 0.717) is 4.88 Å². The number of anilines is 1. The highest BCUT2D eigenvalue weighted by Crippen LogP contribution is 2.34. The van der Waals surface area contributed by atoms with E-state index in [1.807, 2.05) is 30.6 Å². The Balaban J connectivity index is 1.47. The van der Waals surface area contributed by atoms with Gasteiger partial charge >= 0.3 is 0 Å². The number of fused-ring (bicyclic) bond motifs is 1. The number of hydrogen-bond donors (Lipinski definition) is 1. The summed E-state index contributed by atoms with van der Waals surface area (Å²) in [5.74, 6) is -0.380. The number of rotatable bonds is 5. The largest absolute Gasteiger partial charge is 0.365 e. The molecule has 136 valence electrons. The maximum Gasteiger partial charge on any atom is 0.258 e. The van der Waals surface area contributed by atoms with Gasteiger partial charge in [-0.15, -0.1) is 11.3 Å². The second kappa shape index (κ2) is 7.29. The first-order valence-corrected chi connectivity index (χ1v) is 9.70. The Morgan fingerprint density at radius 1 is 1.04 bits per heavy atom. The van der Waals surface area contributed by atoms with Crippen molar-refractivity contribution in [3.8, 4) is 0 Å². The van der Waals surface area contributed by atoms with E-state index in [1.165, 1.54) is 22.5 Å². The molecular formula is C22H21N3OS. The lowest BCUT2D eigenvalue weighted by atomic mass is 10.1. The van der Waals surface area contributed by atoms with Gasteiger partial charge in [0.1, 0.15) is 0 Å². The molecule has 27 heavy (non-hydrogen) atoms. The molecule has 2 N–H and O–H groups in total. The van der Waals surface area contributed by atoms with E-state index in [1.54, 1.807) is 0 Å². The second-order valence-electron chi connectivity index (χ2n) is 6.64. The highest BCUT2D eigenvalue weighted by molar-refractivity contribution is 7.20. The molecule has 0 saturated carbocycles. The smallest absolute Gasteiger partial charge is 0.258 e. The Hall–Kier alpha value is -3.05. The summed E-state index contributed by atoms with van der Waals surface area (Å²) in [6.07, 6.45) is 9.25. The number of nitrogens with zero attached hydrogens (tertiary/aromatic N) is 2. The summed E-state index contributed by atoms with van der Waals surface area (Å²) in [5, 5.41) is 1.04. The molecule has 0 unspecified atom stereocenters. The number of nitrogens with two attached hydrogens (primary N) is 1. The highest BCUT2D eigenvalue weighted by Gasteiger charge is 2.13. The van der Waals surface area contributed by atoms with Crippen molar-refractivity contribution >= 4 is 33.0 Å². The number of carbonyl (C=O) groups is 1. The van der Waals surface area contributed by atoms with Gasteiger partial charge in [-0.05, 0) is 37.1 Å². The normalized spacial score (nSPS) is 13.5. The number of aryl methyl sites for hydroxylation is 1. The molecule has 0 atom stereocenters. The summed E-state index contributed by atoms with van der Waals surface area (Å²) in [6.45, 7) is 3.03. The summed E-state index contributed by atoms with van der Waals surface area (Å²) in [4.78, 5) is 16.3. The molecule has 1 aliphatic rings. The fraction of sp³-hybridized carbons (Fsp3) is 0.136. The quantitative estimate of drug-likeness (QED) is 0.708. The van der Waals surface area contributed by atoms with Crippen molar-refractivity contribution in [3.05, 3.63) is 89.3 Å². The van der Waals surface area contributed by atoms with Gasteiger partial charge in [0.2, 0.25) is 0 Å². The van der Waals surface area contributed by atoms with E-state index in [9.17, 15) is 4.79 Å². The van der Waals surface area contributed by atoms with E-state index >= 15 is 0 Å². The Morgan fingerprint density at radius 2 is 1.78 bits per heavy atom. The van der Waals surface area contributed by atoms with Crippen LogP contribution in [0.2, 0.25) is 0 Å². The van der Waals surface area contributed by atoms with Crippen LogP contribution in [0.3, 0.4) is 0 Å². The topological polar surface area (TPSA) is 49.6 Å². The van der Waals surface area contributed by atoms with Crippen LogP contribution in [0.15, 0.2) is 73.3 Å². The second-order valence-corrected chi connectivity index (χ2v) is 7.72. The molecule has 0 bridgehead atoms. The lowest BCUT2D eigenvalue weighted by Crippen LogP contribution is -2.21. The Morgan fingerprint density at radius 3 is 2.48 bits per heavy atom. The zero-order chi connectivity index (χ0) is 18.8. The van der Waals surface area contributed by atoms with Gasteiger partial charge in [0.05, 0.1) is 10.6 Å². The van der Waals surface area contributed by atoms with Gasteiger partial charge in [-0.1, -0.05) is 35.9 Å². The average Bonchev–Trinajstić information content (AvgIpc) is 3.13. The first-order valence-electron chi connectivity index (χ1n) is 8.89. The zero-order valence-electron chi connectivity index (χ0n) is 15.1. The summed E-state index contributed by atoms with van der Waals surface area (Å²) in [5.41, 5.74) is 9.11. The van der Waals surface area contributed by atoms with E-state index in [-0.39, 0.29) is 5.91 Å². The third kappa shape index (κ3) is 3.73. The molecule has 2 heterocycles. The average molecular weight is 375 g/mol. The van der Waals surface area contributed by atoms with Crippen LogP contribution in [-0.2, 0) is 6.42 Å². The van der Waals surface area contributed by atoms with Gasteiger partial charge in [0.15, 0.2) is 0 Å². The molecule has 1 aromatic heterocycles. The van der Waals surface area contributed by atoms with Gasteiger partial charge in [-0.3, -0.25) is 4.79 Å². The number of benzene rings is 2. The van der Waals surface area contributed by atoms with Gasteiger partial charge in [-0.2, -0.15) is 0 Å². The van der Waals surface area contributed by atoms with Crippen molar-refractivity contribution in [1.82, 2.24) is 4.90 Å². The summed E-state index contributed by atoms with van der Waals surface area (Å²) in [7, 11) is 0. The molecule has 1 amide bonds. The first kappa shape index (κ1) is 17.4. The lowest BCUT2D eigenvalue weighted by Gasteiger charge is -2.25. The minimum absolute atomic E-state index is 0.380. The molecule has 0 spiro atoms. The molecule has 1 aliphatic heterocycles. The highest BCUT2D eigenvalue weighted by atomic mass is 32.1. The van der Waals surface area contributed by atoms with Crippen LogP contribution in [0.5, 0.6) is 0 Å². The SMILES string of the molecule is Cc1ccc(CCN2C=CN(c3cccc4sc(C(N)=O)cc34)C=C2)cc1. The van der Waals surface area contributed by atoms with Crippen LogP contribution in [0.25, 0.3) is 10.1 Å². The van der Waals surface area contributed by atoms with Crippen molar-refractivity contribution in [2.24, 2.45) is 5.73 Å². The number of amides is 1. The first-order chi connectivity index (χ1) is 13.1. The van der Waals surface area contributed by atoms with Crippen LogP contribution in [0, 0.1) is 6.92 Å². The third-order valence-electron chi connectivity index (χ3n) is 4.68. The zero-order valence-corrected chi connectivity index (χ0v) is 15.9. The Labute approximate surface area is 162 Å². The standard InChI is InChI=1S/C22H21N3OS/c1-16-5-7-17(8-6-16)9-10-24-11-13-25(14-12-24)19-3-2-4-20-18(19)15-21(27-20)22(23)26/h2-8,11-15H,9-10H2,1H3,(H2,23,26). The summed E-state index contributed by atoms with van der Waals surface area (Å²) >= 11 is 1.43. The molecule has 3 aromatic rings. The molecule has 4 nitrogen and oxygen atoms in total. The van der Waals surface area contributed by atoms with Crippen LogP contribution >= 0.6 is 11.3 Å². The van der Waals surface area contributed by atoms with Crippen LogP contribution < -0.4 is 10.6 Å². The molecule has 0 saturated heterocycles. The lowest BCUT2D eigenvalue weighted by molar-refractivity contribution is 0.100.